The Hall–Kier alpha value is -2.46. The second kappa shape index (κ2) is 11.1. The molecule has 1 aromatic rings. The molecule has 0 fully saturated rings. The average molecular weight is 442 g/mol. The molecule has 2 N–H and O–H groups in total. The summed E-state index contributed by atoms with van der Waals surface area (Å²) in [4.78, 5) is 36.8. The van der Waals surface area contributed by atoms with Gasteiger partial charge < -0.3 is 15.4 Å². The number of amides is 2. The third-order valence-electron chi connectivity index (χ3n) is 4.59. The number of carbonyl (C=O) groups is 3. The van der Waals surface area contributed by atoms with Crippen molar-refractivity contribution in [2.75, 3.05) is 20.2 Å². The number of hydrogen-bond donors (Lipinski definition) is 2. The highest BCUT2D eigenvalue weighted by Crippen LogP contribution is 2.17. The predicted molar refractivity (Wildman–Crippen MR) is 112 cm³/mol. The molecular formula is C20H31N3O6S. The number of ether oxygens (including phenoxy) is 1. The SMILES string of the molecule is CCN(CC)S(=O)(=O)c1cccc(C(=O)N[C@@H](C(=O)N[C@H](C)C(=O)OC)C(C)C)c1. The lowest BCUT2D eigenvalue weighted by Gasteiger charge is -2.23. The summed E-state index contributed by atoms with van der Waals surface area (Å²) in [5.41, 5.74) is 0.114. The van der Waals surface area contributed by atoms with Crippen molar-refractivity contribution in [2.45, 2.75) is 51.6 Å². The maximum absolute atomic E-state index is 12.7. The molecule has 1 rings (SSSR count). The fourth-order valence-corrected chi connectivity index (χ4v) is 4.31. The van der Waals surface area contributed by atoms with E-state index in [1.54, 1.807) is 27.7 Å². The number of benzene rings is 1. The maximum atomic E-state index is 12.7. The van der Waals surface area contributed by atoms with Crippen molar-refractivity contribution in [1.82, 2.24) is 14.9 Å². The Labute approximate surface area is 178 Å². The number of nitrogens with zero attached hydrogens (tertiary/aromatic N) is 1. The Bertz CT molecular complexity index is 865. The summed E-state index contributed by atoms with van der Waals surface area (Å²) in [6, 6.07) is 3.87. The normalized spacial score (nSPS) is 13.6. The van der Waals surface area contributed by atoms with Gasteiger partial charge in [-0.15, -0.1) is 0 Å². The Kier molecular flexibility index (Phi) is 9.44. The van der Waals surface area contributed by atoms with Crippen molar-refractivity contribution in [1.29, 1.82) is 0 Å². The van der Waals surface area contributed by atoms with E-state index >= 15 is 0 Å². The smallest absolute Gasteiger partial charge is 0.328 e. The summed E-state index contributed by atoms with van der Waals surface area (Å²) in [5.74, 6) is -2.01. The standard InChI is InChI=1S/C20H31N3O6S/c1-7-23(8-2)30(27,28)16-11-9-10-15(12-16)18(24)22-17(13(3)4)19(25)21-14(5)20(26)29-6/h9-14,17H,7-8H2,1-6H3,(H,21,25)(H,22,24)/t14-,17-/m1/s1. The lowest BCUT2D eigenvalue weighted by Crippen LogP contribution is -2.53. The molecule has 0 aliphatic rings. The van der Waals surface area contributed by atoms with Crippen molar-refractivity contribution in [2.24, 2.45) is 5.92 Å². The molecule has 10 heteroatoms. The molecule has 1 aromatic carbocycles. The van der Waals surface area contributed by atoms with Gasteiger partial charge in [0.05, 0.1) is 12.0 Å². The lowest BCUT2D eigenvalue weighted by molar-refractivity contribution is -0.144. The van der Waals surface area contributed by atoms with E-state index < -0.39 is 39.9 Å². The number of hydrogen-bond acceptors (Lipinski definition) is 6. The second-order valence-electron chi connectivity index (χ2n) is 7.07. The minimum atomic E-state index is -3.72. The third-order valence-corrected chi connectivity index (χ3v) is 6.63. The number of sulfonamides is 1. The van der Waals surface area contributed by atoms with E-state index in [-0.39, 0.29) is 16.4 Å². The highest BCUT2D eigenvalue weighted by Gasteiger charge is 2.28. The van der Waals surface area contributed by atoms with Crippen LogP contribution in [-0.4, -0.2) is 62.8 Å². The average Bonchev–Trinajstić information content (AvgIpc) is 2.71. The van der Waals surface area contributed by atoms with Gasteiger partial charge in [-0.2, -0.15) is 4.31 Å². The fraction of sp³-hybridized carbons (Fsp3) is 0.550. The van der Waals surface area contributed by atoms with Gasteiger partial charge >= 0.3 is 5.97 Å². The van der Waals surface area contributed by atoms with Gasteiger partial charge in [0.15, 0.2) is 0 Å². The van der Waals surface area contributed by atoms with Crippen LogP contribution in [0.1, 0.15) is 45.0 Å². The zero-order chi connectivity index (χ0) is 23.1. The first-order chi connectivity index (χ1) is 14.0. The molecule has 0 aliphatic carbocycles. The summed E-state index contributed by atoms with van der Waals surface area (Å²) in [6.07, 6.45) is 0. The van der Waals surface area contributed by atoms with E-state index in [1.165, 1.54) is 42.6 Å². The second-order valence-corrected chi connectivity index (χ2v) is 9.00. The van der Waals surface area contributed by atoms with Crippen molar-refractivity contribution in [3.8, 4) is 0 Å². The molecule has 0 aromatic heterocycles. The van der Waals surface area contributed by atoms with Gasteiger partial charge in [0, 0.05) is 18.7 Å². The van der Waals surface area contributed by atoms with Gasteiger partial charge in [0.2, 0.25) is 15.9 Å². The molecule has 0 saturated carbocycles. The lowest BCUT2D eigenvalue weighted by atomic mass is 10.0. The van der Waals surface area contributed by atoms with Crippen LogP contribution in [0.2, 0.25) is 0 Å². The highest BCUT2D eigenvalue weighted by molar-refractivity contribution is 7.89. The number of methoxy groups -OCH3 is 1. The van der Waals surface area contributed by atoms with Crippen LogP contribution >= 0.6 is 0 Å². The van der Waals surface area contributed by atoms with Crippen LogP contribution in [-0.2, 0) is 24.3 Å². The summed E-state index contributed by atoms with van der Waals surface area (Å²) in [7, 11) is -2.51. The van der Waals surface area contributed by atoms with Gasteiger partial charge in [0.1, 0.15) is 12.1 Å². The number of rotatable bonds is 10. The van der Waals surface area contributed by atoms with Crippen LogP contribution < -0.4 is 10.6 Å². The molecule has 0 radical (unpaired) electrons. The summed E-state index contributed by atoms with van der Waals surface area (Å²) in [5, 5.41) is 5.12. The van der Waals surface area contributed by atoms with E-state index in [9.17, 15) is 22.8 Å². The Morgan fingerprint density at radius 3 is 2.17 bits per heavy atom. The van der Waals surface area contributed by atoms with Crippen LogP contribution in [0, 0.1) is 5.92 Å². The van der Waals surface area contributed by atoms with Gasteiger partial charge in [-0.3, -0.25) is 9.59 Å². The Morgan fingerprint density at radius 2 is 1.67 bits per heavy atom. The van der Waals surface area contributed by atoms with Crippen LogP contribution in [0.5, 0.6) is 0 Å². The summed E-state index contributed by atoms with van der Waals surface area (Å²) < 4.78 is 31.3. The van der Waals surface area contributed by atoms with Gasteiger partial charge in [0.25, 0.3) is 5.91 Å². The molecule has 0 bridgehead atoms. The quantitative estimate of drug-likeness (QED) is 0.525. The molecule has 0 aliphatic heterocycles. The first-order valence-corrected chi connectivity index (χ1v) is 11.2. The molecular weight excluding hydrogens is 410 g/mol. The van der Waals surface area contributed by atoms with E-state index in [0.29, 0.717) is 13.1 Å². The molecule has 2 amide bonds. The minimum absolute atomic E-state index is 0.00344. The minimum Gasteiger partial charge on any atom is -0.467 e. The number of nitrogens with one attached hydrogen (secondary N) is 2. The highest BCUT2D eigenvalue weighted by atomic mass is 32.2. The summed E-state index contributed by atoms with van der Waals surface area (Å²) >= 11 is 0. The van der Waals surface area contributed by atoms with E-state index in [1.807, 2.05) is 0 Å². The van der Waals surface area contributed by atoms with Gasteiger partial charge in [-0.25, -0.2) is 13.2 Å². The zero-order valence-electron chi connectivity index (χ0n) is 18.3. The van der Waals surface area contributed by atoms with Crippen LogP contribution in [0.15, 0.2) is 29.2 Å². The van der Waals surface area contributed by atoms with Crippen LogP contribution in [0.25, 0.3) is 0 Å². The first-order valence-electron chi connectivity index (χ1n) is 9.78. The number of esters is 1. The molecule has 2 atom stereocenters. The van der Waals surface area contributed by atoms with Gasteiger partial charge in [-0.05, 0) is 31.0 Å². The van der Waals surface area contributed by atoms with Crippen molar-refractivity contribution in [3.05, 3.63) is 29.8 Å². The van der Waals surface area contributed by atoms with E-state index in [4.69, 9.17) is 0 Å². The molecule has 0 saturated heterocycles. The number of carbonyl (C=O) groups excluding carboxylic acids is 3. The molecule has 9 nitrogen and oxygen atoms in total. The summed E-state index contributed by atoms with van der Waals surface area (Å²) in [6.45, 7) is 9.05. The molecule has 30 heavy (non-hydrogen) atoms. The Morgan fingerprint density at radius 1 is 1.07 bits per heavy atom. The van der Waals surface area contributed by atoms with E-state index in [2.05, 4.69) is 15.4 Å². The Balaban J connectivity index is 3.07. The van der Waals surface area contributed by atoms with E-state index in [0.717, 1.165) is 0 Å². The monoisotopic (exact) mass is 441 g/mol. The zero-order valence-corrected chi connectivity index (χ0v) is 19.1. The van der Waals surface area contributed by atoms with Crippen molar-refractivity contribution < 1.29 is 27.5 Å². The first kappa shape index (κ1) is 25.6. The molecule has 0 spiro atoms. The largest absolute Gasteiger partial charge is 0.467 e. The third kappa shape index (κ3) is 6.27. The molecule has 0 unspecified atom stereocenters. The van der Waals surface area contributed by atoms with Crippen LogP contribution in [0.4, 0.5) is 0 Å². The van der Waals surface area contributed by atoms with Crippen molar-refractivity contribution >= 4 is 27.8 Å². The van der Waals surface area contributed by atoms with Crippen LogP contribution in [0.3, 0.4) is 0 Å². The van der Waals surface area contributed by atoms with Gasteiger partial charge in [-0.1, -0.05) is 33.8 Å². The fourth-order valence-electron chi connectivity index (χ4n) is 2.81. The van der Waals surface area contributed by atoms with Crippen molar-refractivity contribution in [3.63, 3.8) is 0 Å². The predicted octanol–water partition coefficient (Wildman–Crippen LogP) is 1.15. The topological polar surface area (TPSA) is 122 Å². The molecule has 168 valence electrons. The maximum Gasteiger partial charge on any atom is 0.328 e. The molecule has 0 heterocycles.